The minimum absolute atomic E-state index is 0. The Balaban J connectivity index is 0.00000480. The van der Waals surface area contributed by atoms with E-state index in [1.807, 2.05) is 0 Å². The zero-order chi connectivity index (χ0) is 21.8. The van der Waals surface area contributed by atoms with Gasteiger partial charge in [0.05, 0.1) is 0 Å². The van der Waals surface area contributed by atoms with Crippen LogP contribution in [0.5, 0.6) is 17.2 Å². The standard InChI is InChI=1S/C24H34O5S.K/c1-2-3-4-5-6-7-8-9-10-12-15-20-18-21(25)19-23(24(20)30(26,27)28)29-22-16-13-11-14-17-22;/h11,13-14,16-19,25H,2-10,12,15H2,1H3,(H,26,27,28);/q;+1/p-1. The Labute approximate surface area is 229 Å². The van der Waals surface area contributed by atoms with E-state index < -0.39 is 10.1 Å². The smallest absolute Gasteiger partial charge is 0.872 e. The molecule has 0 aliphatic heterocycles. The third-order valence-electron chi connectivity index (χ3n) is 5.13. The van der Waals surface area contributed by atoms with Crippen molar-refractivity contribution in [1.29, 1.82) is 0 Å². The number of hydrogen-bond acceptors (Lipinski definition) is 4. The largest absolute Gasteiger partial charge is 1.00 e. The summed E-state index contributed by atoms with van der Waals surface area (Å²) in [6.45, 7) is 2.22. The van der Waals surface area contributed by atoms with Gasteiger partial charge in [0.25, 0.3) is 10.1 Å². The molecule has 0 saturated heterocycles. The molecule has 2 aromatic carbocycles. The van der Waals surface area contributed by atoms with Gasteiger partial charge in [-0.2, -0.15) is 8.42 Å². The maximum absolute atomic E-state index is 12.1. The molecule has 5 nitrogen and oxygen atoms in total. The van der Waals surface area contributed by atoms with E-state index >= 15 is 0 Å². The fourth-order valence-electron chi connectivity index (χ4n) is 3.60. The van der Waals surface area contributed by atoms with Crippen LogP contribution in [0, 0.1) is 0 Å². The fraction of sp³-hybridized carbons (Fsp3) is 0.500. The van der Waals surface area contributed by atoms with E-state index in [-0.39, 0.29) is 67.8 Å². The van der Waals surface area contributed by atoms with Crippen LogP contribution in [0.1, 0.15) is 76.7 Å². The van der Waals surface area contributed by atoms with Gasteiger partial charge in [0.2, 0.25) is 0 Å². The predicted octanol–water partition coefficient (Wildman–Crippen LogP) is 3.27. The Morgan fingerprint density at radius 1 is 0.871 bits per heavy atom. The molecule has 166 valence electrons. The van der Waals surface area contributed by atoms with Crippen LogP contribution in [0.2, 0.25) is 0 Å². The molecule has 0 spiro atoms. The number of rotatable bonds is 14. The van der Waals surface area contributed by atoms with Crippen LogP contribution in [-0.4, -0.2) is 13.0 Å². The summed E-state index contributed by atoms with van der Waals surface area (Å²) in [5, 5.41) is 12.1. The van der Waals surface area contributed by atoms with Gasteiger partial charge < -0.3 is 9.84 Å². The quantitative estimate of drug-likeness (QED) is 0.259. The summed E-state index contributed by atoms with van der Waals surface area (Å²) in [6.07, 6.45) is 12.0. The fourth-order valence-corrected chi connectivity index (χ4v) is 4.45. The number of para-hydroxylation sites is 1. The van der Waals surface area contributed by atoms with Crippen molar-refractivity contribution in [2.24, 2.45) is 0 Å². The van der Waals surface area contributed by atoms with Gasteiger partial charge in [-0.1, -0.05) is 89.0 Å². The van der Waals surface area contributed by atoms with E-state index in [4.69, 9.17) is 4.74 Å². The summed E-state index contributed by atoms with van der Waals surface area (Å²) in [4.78, 5) is -0.304. The van der Waals surface area contributed by atoms with Gasteiger partial charge in [0, 0.05) is 0 Å². The van der Waals surface area contributed by atoms with E-state index in [0.29, 0.717) is 17.7 Å². The van der Waals surface area contributed by atoms with Crippen LogP contribution in [-0.2, 0) is 16.5 Å². The molecule has 0 unspecified atom stereocenters. The van der Waals surface area contributed by atoms with Crippen LogP contribution in [0.4, 0.5) is 0 Å². The third-order valence-corrected chi connectivity index (χ3v) is 6.11. The SMILES string of the molecule is CCCCCCCCCCCCc1cc([O-])cc(Oc2ccccc2)c1S(=O)(=O)O.[K+]. The molecule has 0 bridgehead atoms. The van der Waals surface area contributed by atoms with E-state index in [1.54, 1.807) is 30.3 Å². The van der Waals surface area contributed by atoms with Crippen LogP contribution in [0.25, 0.3) is 0 Å². The molecule has 0 saturated carbocycles. The first-order valence-corrected chi connectivity index (χ1v) is 12.4. The molecule has 0 aliphatic rings. The molecule has 1 N–H and O–H groups in total. The molecule has 2 rings (SSSR count). The summed E-state index contributed by atoms with van der Waals surface area (Å²) in [5.41, 5.74) is 0.315. The minimum Gasteiger partial charge on any atom is -0.872 e. The average Bonchev–Trinajstić information content (AvgIpc) is 2.69. The Hall–Kier alpha value is -0.414. The molecule has 0 aromatic heterocycles. The molecule has 0 heterocycles. The van der Waals surface area contributed by atoms with E-state index in [0.717, 1.165) is 25.3 Å². The second-order valence-corrected chi connectivity index (χ2v) is 9.09. The first kappa shape index (κ1) is 28.6. The normalized spacial score (nSPS) is 11.2. The van der Waals surface area contributed by atoms with Crippen molar-refractivity contribution in [3.63, 3.8) is 0 Å². The average molecular weight is 473 g/mol. The summed E-state index contributed by atoms with van der Waals surface area (Å²) >= 11 is 0. The van der Waals surface area contributed by atoms with Crippen LogP contribution in [0.15, 0.2) is 47.4 Å². The summed E-state index contributed by atoms with van der Waals surface area (Å²) < 4.78 is 39.5. The van der Waals surface area contributed by atoms with Crippen LogP contribution in [0.3, 0.4) is 0 Å². The second kappa shape index (κ2) is 15.4. The van der Waals surface area contributed by atoms with Gasteiger partial charge in [0.1, 0.15) is 16.4 Å². The summed E-state index contributed by atoms with van der Waals surface area (Å²) in [5.74, 6) is -0.0634. The van der Waals surface area contributed by atoms with Gasteiger partial charge in [-0.15, -0.1) is 5.75 Å². The Kier molecular flexibility index (Phi) is 14.2. The third kappa shape index (κ3) is 10.8. The summed E-state index contributed by atoms with van der Waals surface area (Å²) in [6, 6.07) is 11.0. The van der Waals surface area contributed by atoms with Crippen molar-refractivity contribution >= 4 is 10.1 Å². The van der Waals surface area contributed by atoms with Crippen molar-refractivity contribution in [2.45, 2.75) is 82.4 Å². The molecule has 0 atom stereocenters. The number of unbranched alkanes of at least 4 members (excludes halogenated alkanes) is 9. The minimum atomic E-state index is -4.53. The van der Waals surface area contributed by atoms with Crippen molar-refractivity contribution < 1.29 is 74.2 Å². The van der Waals surface area contributed by atoms with E-state index in [9.17, 15) is 18.1 Å². The molecule has 0 radical (unpaired) electrons. The number of benzene rings is 2. The van der Waals surface area contributed by atoms with Gasteiger partial charge in [0.15, 0.2) is 0 Å². The van der Waals surface area contributed by atoms with Crippen molar-refractivity contribution in [3.8, 4) is 17.2 Å². The number of ether oxygens (including phenoxy) is 1. The van der Waals surface area contributed by atoms with Crippen molar-refractivity contribution in [3.05, 3.63) is 48.0 Å². The Morgan fingerprint density at radius 2 is 1.42 bits per heavy atom. The molecular formula is C24H33KO5S. The molecule has 7 heteroatoms. The molecular weight excluding hydrogens is 439 g/mol. The van der Waals surface area contributed by atoms with Gasteiger partial charge in [-0.3, -0.25) is 4.55 Å². The van der Waals surface area contributed by atoms with Gasteiger partial charge in [-0.25, -0.2) is 0 Å². The molecule has 0 fully saturated rings. The van der Waals surface area contributed by atoms with E-state index in [2.05, 4.69) is 6.92 Å². The molecule has 0 aliphatic carbocycles. The zero-order valence-electron chi connectivity index (χ0n) is 18.8. The Morgan fingerprint density at radius 3 is 1.97 bits per heavy atom. The number of hydrogen-bond donors (Lipinski definition) is 1. The topological polar surface area (TPSA) is 86.7 Å². The van der Waals surface area contributed by atoms with Crippen molar-refractivity contribution in [1.82, 2.24) is 0 Å². The molecule has 0 amide bonds. The van der Waals surface area contributed by atoms with Crippen LogP contribution >= 0.6 is 0 Å². The maximum atomic E-state index is 12.1. The van der Waals surface area contributed by atoms with Crippen LogP contribution < -0.4 is 61.2 Å². The van der Waals surface area contributed by atoms with Crippen molar-refractivity contribution in [2.75, 3.05) is 0 Å². The Bertz CT molecular complexity index is 869. The second-order valence-electron chi connectivity index (χ2n) is 7.73. The zero-order valence-corrected chi connectivity index (χ0v) is 22.7. The number of aryl methyl sites for hydroxylation is 1. The molecule has 2 aromatic rings. The monoisotopic (exact) mass is 472 g/mol. The van der Waals surface area contributed by atoms with Gasteiger partial charge >= 0.3 is 51.4 Å². The summed E-state index contributed by atoms with van der Waals surface area (Å²) in [7, 11) is -4.53. The first-order valence-electron chi connectivity index (χ1n) is 11.0. The maximum Gasteiger partial charge on any atom is 1.00 e. The predicted molar refractivity (Wildman–Crippen MR) is 118 cm³/mol. The molecule has 31 heavy (non-hydrogen) atoms. The first-order chi connectivity index (χ1) is 14.4. The van der Waals surface area contributed by atoms with E-state index in [1.165, 1.54) is 51.0 Å². The van der Waals surface area contributed by atoms with Gasteiger partial charge in [-0.05, 0) is 36.6 Å².